The van der Waals surface area contributed by atoms with Crippen LogP contribution in [0.2, 0.25) is 0 Å². The molecule has 2 amide bonds. The number of carboxylic acid groups (broad SMARTS) is 1. The molecule has 9 nitrogen and oxygen atoms in total. The fourth-order valence-corrected chi connectivity index (χ4v) is 1.44. The summed E-state index contributed by atoms with van der Waals surface area (Å²) in [7, 11) is 0. The van der Waals surface area contributed by atoms with Crippen LogP contribution in [-0.2, 0) is 23.9 Å². The third-order valence-electron chi connectivity index (χ3n) is 2.27. The van der Waals surface area contributed by atoms with Crippen molar-refractivity contribution < 1.29 is 33.8 Å². The predicted octanol–water partition coefficient (Wildman–Crippen LogP) is 0.378. The van der Waals surface area contributed by atoms with Crippen LogP contribution in [-0.4, -0.2) is 65.8 Å². The number of nitrogens with zero attached hydrogens (tertiary/aromatic N) is 1. The van der Waals surface area contributed by atoms with Gasteiger partial charge in [-0.2, -0.15) is 0 Å². The highest BCUT2D eigenvalue weighted by molar-refractivity contribution is 5.85. The van der Waals surface area contributed by atoms with E-state index in [1.807, 2.05) is 0 Å². The van der Waals surface area contributed by atoms with Crippen LogP contribution in [0, 0.1) is 0 Å². The predicted molar refractivity (Wildman–Crippen MR) is 79.7 cm³/mol. The molecule has 0 fully saturated rings. The summed E-state index contributed by atoms with van der Waals surface area (Å²) in [5.41, 5.74) is -0.811. The van der Waals surface area contributed by atoms with E-state index in [0.29, 0.717) is 0 Å². The molecule has 0 unspecified atom stereocenters. The molecule has 0 bridgehead atoms. The molecule has 0 aliphatic heterocycles. The van der Waals surface area contributed by atoms with Crippen molar-refractivity contribution in [2.75, 3.05) is 26.2 Å². The Morgan fingerprint density at radius 1 is 1.13 bits per heavy atom. The van der Waals surface area contributed by atoms with Crippen molar-refractivity contribution in [2.24, 2.45) is 0 Å². The third-order valence-corrected chi connectivity index (χ3v) is 2.27. The average molecular weight is 332 g/mol. The molecule has 2 N–H and O–H groups in total. The molecule has 23 heavy (non-hydrogen) atoms. The molecular weight excluding hydrogens is 308 g/mol. The van der Waals surface area contributed by atoms with Gasteiger partial charge in [-0.3, -0.25) is 19.3 Å². The van der Waals surface area contributed by atoms with E-state index in [1.54, 1.807) is 27.7 Å². The van der Waals surface area contributed by atoms with Gasteiger partial charge in [-0.25, -0.2) is 4.79 Å². The second-order valence-corrected chi connectivity index (χ2v) is 5.64. The molecular formula is C14H24N2O7. The van der Waals surface area contributed by atoms with Crippen LogP contribution in [0.1, 0.15) is 34.1 Å². The van der Waals surface area contributed by atoms with E-state index in [9.17, 15) is 19.2 Å². The third kappa shape index (κ3) is 11.0. The van der Waals surface area contributed by atoms with Crippen LogP contribution in [0.15, 0.2) is 0 Å². The van der Waals surface area contributed by atoms with Crippen molar-refractivity contribution in [2.45, 2.75) is 39.7 Å². The number of carbonyl (C=O) groups excluding carboxylic acids is 3. The lowest BCUT2D eigenvalue weighted by Crippen LogP contribution is -2.45. The molecule has 0 saturated carbocycles. The van der Waals surface area contributed by atoms with Gasteiger partial charge in [0.15, 0.2) is 0 Å². The number of nitrogens with one attached hydrogen (secondary N) is 1. The van der Waals surface area contributed by atoms with Crippen LogP contribution in [0.25, 0.3) is 0 Å². The fraction of sp³-hybridized carbons (Fsp3) is 0.714. The summed E-state index contributed by atoms with van der Waals surface area (Å²) in [4.78, 5) is 46.3. The van der Waals surface area contributed by atoms with Gasteiger partial charge in [0, 0.05) is 6.54 Å². The molecule has 9 heteroatoms. The van der Waals surface area contributed by atoms with E-state index in [4.69, 9.17) is 14.6 Å². The number of amides is 2. The van der Waals surface area contributed by atoms with Crippen LogP contribution >= 0.6 is 0 Å². The first-order valence-corrected chi connectivity index (χ1v) is 7.17. The number of esters is 1. The summed E-state index contributed by atoms with van der Waals surface area (Å²) >= 11 is 0. The normalized spacial score (nSPS) is 10.6. The van der Waals surface area contributed by atoms with Crippen LogP contribution in [0.4, 0.5) is 4.79 Å². The maximum Gasteiger partial charge on any atom is 0.411 e. The minimum Gasteiger partial charge on any atom is -0.480 e. The maximum atomic E-state index is 11.9. The zero-order valence-electron chi connectivity index (χ0n) is 13.9. The van der Waals surface area contributed by atoms with Gasteiger partial charge in [-0.05, 0) is 27.7 Å². The van der Waals surface area contributed by atoms with Gasteiger partial charge in [0.2, 0.25) is 5.91 Å². The lowest BCUT2D eigenvalue weighted by molar-refractivity contribution is -0.143. The molecule has 0 saturated heterocycles. The molecule has 0 atom stereocenters. The summed E-state index contributed by atoms with van der Waals surface area (Å²) < 4.78 is 9.74. The summed E-state index contributed by atoms with van der Waals surface area (Å²) in [6.07, 6.45) is -0.911. The van der Waals surface area contributed by atoms with Gasteiger partial charge in [-0.15, -0.1) is 0 Å². The molecule has 0 rings (SSSR count). The van der Waals surface area contributed by atoms with Crippen molar-refractivity contribution in [3.63, 3.8) is 0 Å². The van der Waals surface area contributed by atoms with Crippen molar-refractivity contribution in [1.29, 1.82) is 0 Å². The van der Waals surface area contributed by atoms with Crippen molar-refractivity contribution in [3.05, 3.63) is 0 Å². The number of aliphatic carboxylic acids is 1. The maximum absolute atomic E-state index is 11.9. The summed E-state index contributed by atoms with van der Waals surface area (Å²) in [6, 6.07) is 0. The minimum atomic E-state index is -1.27. The van der Waals surface area contributed by atoms with Gasteiger partial charge in [-0.1, -0.05) is 0 Å². The monoisotopic (exact) mass is 332 g/mol. The topological polar surface area (TPSA) is 122 Å². The molecule has 0 radical (unpaired) electrons. The van der Waals surface area contributed by atoms with Crippen LogP contribution < -0.4 is 5.32 Å². The van der Waals surface area contributed by atoms with E-state index < -0.39 is 42.6 Å². The minimum absolute atomic E-state index is 0.00898. The molecule has 0 aliphatic carbocycles. The number of hydrogen-bond acceptors (Lipinski definition) is 6. The molecule has 0 spiro atoms. The first-order chi connectivity index (χ1) is 10.5. The zero-order chi connectivity index (χ0) is 18.0. The Bertz CT molecular complexity index is 443. The standard InChI is InChI=1S/C14H24N2O7/c1-5-22-12(20)6-7-15-10(17)8-16(9-11(18)19)13(21)23-14(2,3)4/h5-9H2,1-4H3,(H,15,17)(H,18,19). The number of carboxylic acids is 1. The van der Waals surface area contributed by atoms with E-state index in [1.165, 1.54) is 0 Å². The summed E-state index contributed by atoms with van der Waals surface area (Å²) in [5, 5.41) is 11.2. The quantitative estimate of drug-likeness (QED) is 0.616. The Hall–Kier alpha value is -2.32. The SMILES string of the molecule is CCOC(=O)CCNC(=O)CN(CC(=O)O)C(=O)OC(C)(C)C. The molecule has 132 valence electrons. The van der Waals surface area contributed by atoms with Gasteiger partial charge >= 0.3 is 18.0 Å². The van der Waals surface area contributed by atoms with E-state index in [0.717, 1.165) is 4.90 Å². The molecule has 0 aromatic carbocycles. The highest BCUT2D eigenvalue weighted by Gasteiger charge is 2.25. The number of ether oxygens (including phenoxy) is 2. The summed E-state index contributed by atoms with van der Waals surface area (Å²) in [6.45, 7) is 5.69. The summed E-state index contributed by atoms with van der Waals surface area (Å²) in [5.74, 6) is -2.32. The fourth-order valence-electron chi connectivity index (χ4n) is 1.44. The first-order valence-electron chi connectivity index (χ1n) is 7.17. The number of carbonyl (C=O) groups is 4. The largest absolute Gasteiger partial charge is 0.480 e. The number of rotatable bonds is 8. The Kier molecular flexibility index (Phi) is 8.67. The molecule has 0 aromatic heterocycles. The highest BCUT2D eigenvalue weighted by Crippen LogP contribution is 2.09. The van der Waals surface area contributed by atoms with Crippen LogP contribution in [0.3, 0.4) is 0 Å². The zero-order valence-corrected chi connectivity index (χ0v) is 13.9. The first kappa shape index (κ1) is 20.7. The van der Waals surface area contributed by atoms with E-state index in [2.05, 4.69) is 5.32 Å². The van der Waals surface area contributed by atoms with Gasteiger partial charge in [0.1, 0.15) is 18.7 Å². The van der Waals surface area contributed by atoms with Gasteiger partial charge < -0.3 is 19.9 Å². The van der Waals surface area contributed by atoms with Crippen molar-refractivity contribution in [3.8, 4) is 0 Å². The van der Waals surface area contributed by atoms with Gasteiger partial charge in [0.05, 0.1) is 13.0 Å². The second kappa shape index (κ2) is 9.65. The lowest BCUT2D eigenvalue weighted by atomic mass is 10.2. The Balaban J connectivity index is 4.47. The van der Waals surface area contributed by atoms with E-state index >= 15 is 0 Å². The smallest absolute Gasteiger partial charge is 0.411 e. The van der Waals surface area contributed by atoms with E-state index in [-0.39, 0.29) is 19.6 Å². The average Bonchev–Trinajstić information content (AvgIpc) is 2.35. The highest BCUT2D eigenvalue weighted by atomic mass is 16.6. The van der Waals surface area contributed by atoms with Crippen molar-refractivity contribution in [1.82, 2.24) is 10.2 Å². The Morgan fingerprint density at radius 3 is 2.22 bits per heavy atom. The Morgan fingerprint density at radius 2 is 1.74 bits per heavy atom. The van der Waals surface area contributed by atoms with Crippen molar-refractivity contribution >= 4 is 23.9 Å². The van der Waals surface area contributed by atoms with Gasteiger partial charge in [0.25, 0.3) is 0 Å². The molecule has 0 aliphatic rings. The molecule has 0 heterocycles. The van der Waals surface area contributed by atoms with Crippen LogP contribution in [0.5, 0.6) is 0 Å². The number of hydrogen-bond donors (Lipinski definition) is 2. The lowest BCUT2D eigenvalue weighted by Gasteiger charge is -2.25. The molecule has 0 aromatic rings. The Labute approximate surface area is 134 Å². The second-order valence-electron chi connectivity index (χ2n) is 5.64.